The third-order valence-electron chi connectivity index (χ3n) is 5.06. The SMILES string of the molecule is CCc1cc(CC)c(C(=O)CCC2CCCC2)c(CC)c1. The van der Waals surface area contributed by atoms with Gasteiger partial charge in [0.2, 0.25) is 0 Å². The van der Waals surface area contributed by atoms with E-state index in [4.69, 9.17) is 0 Å². The first kappa shape index (κ1) is 16.3. The van der Waals surface area contributed by atoms with Crippen molar-refractivity contribution < 1.29 is 4.79 Å². The van der Waals surface area contributed by atoms with E-state index < -0.39 is 0 Å². The summed E-state index contributed by atoms with van der Waals surface area (Å²) < 4.78 is 0. The Morgan fingerprint density at radius 1 is 1.00 bits per heavy atom. The molecule has 0 radical (unpaired) electrons. The topological polar surface area (TPSA) is 17.1 Å². The van der Waals surface area contributed by atoms with Crippen LogP contribution in [0.25, 0.3) is 0 Å². The monoisotopic (exact) mass is 286 g/mol. The van der Waals surface area contributed by atoms with E-state index in [1.165, 1.54) is 42.4 Å². The number of hydrogen-bond acceptors (Lipinski definition) is 1. The van der Waals surface area contributed by atoms with E-state index in [2.05, 4.69) is 32.9 Å². The lowest BCUT2D eigenvalue weighted by atomic mass is 9.88. The van der Waals surface area contributed by atoms with Gasteiger partial charge in [-0.1, -0.05) is 58.6 Å². The number of ketones is 1. The van der Waals surface area contributed by atoms with Crippen LogP contribution in [0.4, 0.5) is 0 Å². The standard InChI is InChI=1S/C20H30O/c1-4-15-13-17(5-2)20(18(6-3)14-15)19(21)12-11-16-9-7-8-10-16/h13-14,16H,4-12H2,1-3H3. The molecule has 1 aromatic rings. The second kappa shape index (κ2) is 7.77. The molecule has 0 aliphatic heterocycles. The Balaban J connectivity index is 2.17. The van der Waals surface area contributed by atoms with Gasteiger partial charge in [-0.05, 0) is 48.3 Å². The minimum Gasteiger partial charge on any atom is -0.294 e. The average molecular weight is 286 g/mol. The van der Waals surface area contributed by atoms with E-state index in [0.717, 1.165) is 43.6 Å². The maximum Gasteiger partial charge on any atom is 0.163 e. The van der Waals surface area contributed by atoms with Gasteiger partial charge < -0.3 is 0 Å². The molecule has 0 unspecified atom stereocenters. The van der Waals surface area contributed by atoms with E-state index >= 15 is 0 Å². The van der Waals surface area contributed by atoms with Crippen molar-refractivity contribution in [2.75, 3.05) is 0 Å². The van der Waals surface area contributed by atoms with E-state index in [-0.39, 0.29) is 0 Å². The van der Waals surface area contributed by atoms with Crippen molar-refractivity contribution in [3.63, 3.8) is 0 Å². The van der Waals surface area contributed by atoms with Crippen molar-refractivity contribution in [1.29, 1.82) is 0 Å². The third kappa shape index (κ3) is 3.96. The number of Topliss-reactive ketones (excluding diaryl/α,β-unsaturated/α-hetero) is 1. The number of carbonyl (C=O) groups is 1. The summed E-state index contributed by atoms with van der Waals surface area (Å²) in [6.45, 7) is 6.53. The highest BCUT2D eigenvalue weighted by atomic mass is 16.1. The van der Waals surface area contributed by atoms with Crippen LogP contribution < -0.4 is 0 Å². The summed E-state index contributed by atoms with van der Waals surface area (Å²) in [5, 5.41) is 0. The summed E-state index contributed by atoms with van der Waals surface area (Å²) in [7, 11) is 0. The molecule has 0 saturated heterocycles. The fourth-order valence-electron chi connectivity index (χ4n) is 3.72. The van der Waals surface area contributed by atoms with Gasteiger partial charge in [-0.15, -0.1) is 0 Å². The summed E-state index contributed by atoms with van der Waals surface area (Å²) in [5.41, 5.74) is 4.96. The fourth-order valence-corrected chi connectivity index (χ4v) is 3.72. The van der Waals surface area contributed by atoms with Gasteiger partial charge in [0.1, 0.15) is 0 Å². The van der Waals surface area contributed by atoms with Crippen molar-refractivity contribution >= 4 is 5.78 Å². The molecule has 1 aliphatic rings. The molecule has 116 valence electrons. The quantitative estimate of drug-likeness (QED) is 0.602. The van der Waals surface area contributed by atoms with Crippen LogP contribution in [0.2, 0.25) is 0 Å². The van der Waals surface area contributed by atoms with Gasteiger partial charge in [-0.25, -0.2) is 0 Å². The molecule has 1 nitrogen and oxygen atoms in total. The largest absolute Gasteiger partial charge is 0.294 e. The molecule has 0 bridgehead atoms. The van der Waals surface area contributed by atoms with Crippen LogP contribution in [-0.4, -0.2) is 5.78 Å². The van der Waals surface area contributed by atoms with Crippen LogP contribution in [0.3, 0.4) is 0 Å². The molecule has 1 aliphatic carbocycles. The normalized spacial score (nSPS) is 15.6. The average Bonchev–Trinajstić information content (AvgIpc) is 3.04. The minimum absolute atomic E-state index is 0.387. The third-order valence-corrected chi connectivity index (χ3v) is 5.06. The summed E-state index contributed by atoms with van der Waals surface area (Å²) in [6.07, 6.45) is 10.2. The van der Waals surface area contributed by atoms with Gasteiger partial charge in [0.25, 0.3) is 0 Å². The first-order chi connectivity index (χ1) is 10.2. The first-order valence-corrected chi connectivity index (χ1v) is 8.87. The maximum absolute atomic E-state index is 12.8. The lowest BCUT2D eigenvalue weighted by molar-refractivity contribution is 0.0972. The Hall–Kier alpha value is -1.11. The van der Waals surface area contributed by atoms with Gasteiger partial charge in [0.05, 0.1) is 0 Å². The first-order valence-electron chi connectivity index (χ1n) is 8.87. The Bertz CT molecular complexity index is 456. The zero-order valence-corrected chi connectivity index (χ0v) is 14.0. The Kier molecular flexibility index (Phi) is 6.02. The molecule has 0 atom stereocenters. The molecule has 0 amide bonds. The van der Waals surface area contributed by atoms with Crippen molar-refractivity contribution in [2.45, 2.75) is 78.6 Å². The zero-order valence-electron chi connectivity index (χ0n) is 14.0. The highest BCUT2D eigenvalue weighted by Gasteiger charge is 2.20. The molecule has 0 heterocycles. The van der Waals surface area contributed by atoms with E-state index in [0.29, 0.717) is 5.78 Å². The van der Waals surface area contributed by atoms with Crippen LogP contribution in [-0.2, 0) is 19.3 Å². The molecule has 1 saturated carbocycles. The molecular weight excluding hydrogens is 256 g/mol. The van der Waals surface area contributed by atoms with Crippen LogP contribution in [0.1, 0.15) is 86.3 Å². The number of carbonyl (C=O) groups excluding carboxylic acids is 1. The number of hydrogen-bond donors (Lipinski definition) is 0. The number of rotatable bonds is 7. The number of benzene rings is 1. The van der Waals surface area contributed by atoms with Gasteiger partial charge in [-0.2, -0.15) is 0 Å². The number of aryl methyl sites for hydroxylation is 3. The highest BCUT2D eigenvalue weighted by Crippen LogP contribution is 2.30. The van der Waals surface area contributed by atoms with E-state index in [9.17, 15) is 4.79 Å². The second-order valence-corrected chi connectivity index (χ2v) is 6.46. The van der Waals surface area contributed by atoms with Crippen molar-refractivity contribution in [2.24, 2.45) is 5.92 Å². The van der Waals surface area contributed by atoms with Crippen LogP contribution >= 0.6 is 0 Å². The smallest absolute Gasteiger partial charge is 0.163 e. The zero-order chi connectivity index (χ0) is 15.2. The van der Waals surface area contributed by atoms with Gasteiger partial charge in [-0.3, -0.25) is 4.79 Å². The molecule has 1 heteroatoms. The lowest BCUT2D eigenvalue weighted by Gasteiger charge is -2.15. The summed E-state index contributed by atoms with van der Waals surface area (Å²) >= 11 is 0. The molecule has 0 N–H and O–H groups in total. The van der Waals surface area contributed by atoms with Crippen molar-refractivity contribution in [1.82, 2.24) is 0 Å². The predicted molar refractivity (Wildman–Crippen MR) is 90.1 cm³/mol. The lowest BCUT2D eigenvalue weighted by Crippen LogP contribution is -2.10. The van der Waals surface area contributed by atoms with Crippen molar-refractivity contribution in [3.05, 3.63) is 34.4 Å². The molecule has 21 heavy (non-hydrogen) atoms. The minimum atomic E-state index is 0.387. The second-order valence-electron chi connectivity index (χ2n) is 6.46. The molecule has 0 spiro atoms. The fraction of sp³-hybridized carbons (Fsp3) is 0.650. The van der Waals surface area contributed by atoms with Crippen LogP contribution in [0.5, 0.6) is 0 Å². The Labute approximate surface area is 130 Å². The molecule has 1 aromatic carbocycles. The van der Waals surface area contributed by atoms with E-state index in [1.807, 2.05) is 0 Å². The van der Waals surface area contributed by atoms with Gasteiger partial charge in [0.15, 0.2) is 5.78 Å². The van der Waals surface area contributed by atoms with Crippen molar-refractivity contribution in [3.8, 4) is 0 Å². The van der Waals surface area contributed by atoms with Gasteiger partial charge >= 0.3 is 0 Å². The van der Waals surface area contributed by atoms with Gasteiger partial charge in [0, 0.05) is 12.0 Å². The van der Waals surface area contributed by atoms with Crippen LogP contribution in [0, 0.1) is 5.92 Å². The summed E-state index contributed by atoms with van der Waals surface area (Å²) in [6, 6.07) is 4.50. The Morgan fingerprint density at radius 2 is 1.57 bits per heavy atom. The molecule has 1 fully saturated rings. The van der Waals surface area contributed by atoms with Crippen LogP contribution in [0.15, 0.2) is 12.1 Å². The predicted octanol–water partition coefficient (Wildman–Crippen LogP) is 5.53. The maximum atomic E-state index is 12.8. The molecule has 2 rings (SSSR count). The highest BCUT2D eigenvalue weighted by molar-refractivity contribution is 5.99. The van der Waals surface area contributed by atoms with E-state index in [1.54, 1.807) is 0 Å². The Morgan fingerprint density at radius 3 is 2.05 bits per heavy atom. The molecular formula is C20H30O. The summed E-state index contributed by atoms with van der Waals surface area (Å²) in [4.78, 5) is 12.8. The summed E-state index contributed by atoms with van der Waals surface area (Å²) in [5.74, 6) is 1.19. The molecule has 0 aromatic heterocycles.